The molecular formula is C21H20FN5O3. The number of nitrogens with zero attached hydrogens (tertiary/aromatic N) is 4. The summed E-state index contributed by atoms with van der Waals surface area (Å²) in [7, 11) is 5.07. The van der Waals surface area contributed by atoms with Gasteiger partial charge in [-0.2, -0.15) is 10.2 Å². The minimum absolute atomic E-state index is 0.0218. The van der Waals surface area contributed by atoms with E-state index in [4.69, 9.17) is 9.47 Å². The Hall–Kier alpha value is -3.88. The second-order valence-corrected chi connectivity index (χ2v) is 6.73. The van der Waals surface area contributed by atoms with Gasteiger partial charge in [-0.05, 0) is 36.4 Å². The van der Waals surface area contributed by atoms with Gasteiger partial charge in [0.15, 0.2) is 0 Å². The minimum Gasteiger partial charge on any atom is -0.496 e. The fraction of sp³-hybridized carbons (Fsp3) is 0.190. The van der Waals surface area contributed by atoms with Crippen molar-refractivity contribution in [3.05, 3.63) is 60.2 Å². The maximum Gasteiger partial charge on any atom is 0.412 e. The van der Waals surface area contributed by atoms with Crippen molar-refractivity contribution in [1.29, 1.82) is 0 Å². The molecule has 0 atom stereocenters. The van der Waals surface area contributed by atoms with Crippen molar-refractivity contribution in [1.82, 2.24) is 19.6 Å². The lowest BCUT2D eigenvalue weighted by atomic mass is 10.1. The van der Waals surface area contributed by atoms with Crippen molar-refractivity contribution < 1.29 is 18.7 Å². The van der Waals surface area contributed by atoms with Crippen LogP contribution in [0.5, 0.6) is 5.75 Å². The zero-order valence-electron chi connectivity index (χ0n) is 16.7. The summed E-state index contributed by atoms with van der Waals surface area (Å²) in [6.45, 7) is 0.0218. The molecule has 0 aliphatic carbocycles. The molecule has 2 aromatic carbocycles. The Balaban J connectivity index is 1.44. The van der Waals surface area contributed by atoms with Gasteiger partial charge in [-0.25, -0.2) is 9.18 Å². The Morgan fingerprint density at radius 1 is 1.13 bits per heavy atom. The van der Waals surface area contributed by atoms with Gasteiger partial charge in [0.25, 0.3) is 0 Å². The van der Waals surface area contributed by atoms with Crippen LogP contribution in [0.1, 0.15) is 5.69 Å². The molecule has 0 saturated heterocycles. The predicted octanol–water partition coefficient (Wildman–Crippen LogP) is 3.87. The maximum absolute atomic E-state index is 13.4. The fourth-order valence-corrected chi connectivity index (χ4v) is 3.18. The van der Waals surface area contributed by atoms with E-state index in [0.717, 1.165) is 10.9 Å². The number of aryl methyl sites for hydroxylation is 2. The first-order chi connectivity index (χ1) is 14.4. The highest BCUT2D eigenvalue weighted by Crippen LogP contribution is 2.30. The number of benzene rings is 2. The number of hydrogen-bond donors (Lipinski definition) is 1. The lowest BCUT2D eigenvalue weighted by Gasteiger charge is -2.07. The number of ether oxygens (including phenoxy) is 2. The highest BCUT2D eigenvalue weighted by atomic mass is 19.1. The average Bonchev–Trinajstić information content (AvgIpc) is 3.28. The van der Waals surface area contributed by atoms with Crippen LogP contribution in [0.2, 0.25) is 0 Å². The van der Waals surface area contributed by atoms with Gasteiger partial charge in [-0.3, -0.25) is 14.7 Å². The van der Waals surface area contributed by atoms with E-state index < -0.39 is 11.9 Å². The lowest BCUT2D eigenvalue weighted by Crippen LogP contribution is -2.14. The molecule has 2 heterocycles. The molecule has 4 rings (SSSR count). The minimum atomic E-state index is -0.583. The number of aromatic nitrogens is 4. The Morgan fingerprint density at radius 2 is 1.97 bits per heavy atom. The zero-order chi connectivity index (χ0) is 21.3. The van der Waals surface area contributed by atoms with Crippen molar-refractivity contribution in [3.63, 3.8) is 0 Å². The molecule has 0 unspecified atom stereocenters. The molecule has 154 valence electrons. The van der Waals surface area contributed by atoms with E-state index in [1.165, 1.54) is 19.2 Å². The highest BCUT2D eigenvalue weighted by molar-refractivity contribution is 5.89. The molecule has 9 heteroatoms. The van der Waals surface area contributed by atoms with Crippen molar-refractivity contribution in [2.75, 3.05) is 12.4 Å². The van der Waals surface area contributed by atoms with Crippen LogP contribution < -0.4 is 10.1 Å². The summed E-state index contributed by atoms with van der Waals surface area (Å²) in [6.07, 6.45) is 1.15. The van der Waals surface area contributed by atoms with Crippen molar-refractivity contribution in [2.24, 2.45) is 14.1 Å². The smallest absolute Gasteiger partial charge is 0.412 e. The van der Waals surface area contributed by atoms with E-state index in [1.54, 1.807) is 40.8 Å². The average molecular weight is 409 g/mol. The molecule has 8 nitrogen and oxygen atoms in total. The van der Waals surface area contributed by atoms with Crippen LogP contribution in [0.4, 0.5) is 14.9 Å². The van der Waals surface area contributed by atoms with Crippen LogP contribution in [-0.4, -0.2) is 32.8 Å². The van der Waals surface area contributed by atoms with Gasteiger partial charge in [0.2, 0.25) is 0 Å². The molecule has 0 radical (unpaired) electrons. The van der Waals surface area contributed by atoms with Gasteiger partial charge in [-0.1, -0.05) is 0 Å². The first-order valence-electron chi connectivity index (χ1n) is 9.17. The van der Waals surface area contributed by atoms with Gasteiger partial charge in [0, 0.05) is 36.8 Å². The molecule has 30 heavy (non-hydrogen) atoms. The van der Waals surface area contributed by atoms with E-state index in [1.807, 2.05) is 19.2 Å². The van der Waals surface area contributed by atoms with Crippen LogP contribution in [0.3, 0.4) is 0 Å². The van der Waals surface area contributed by atoms with Crippen molar-refractivity contribution in [3.8, 4) is 17.0 Å². The highest BCUT2D eigenvalue weighted by Gasteiger charge is 2.14. The molecule has 1 amide bonds. The molecule has 2 aromatic heterocycles. The van der Waals surface area contributed by atoms with Gasteiger partial charge >= 0.3 is 6.09 Å². The van der Waals surface area contributed by atoms with Crippen LogP contribution >= 0.6 is 0 Å². The second-order valence-electron chi connectivity index (χ2n) is 6.73. The SMILES string of the molecule is COc1cc(F)ccc1-c1cc(COC(=O)Nc2ccc3c(cnn3C)c2)n(C)n1. The molecule has 1 N–H and O–H groups in total. The molecule has 0 fully saturated rings. The summed E-state index contributed by atoms with van der Waals surface area (Å²) in [4.78, 5) is 12.2. The number of carbonyl (C=O) groups excluding carboxylic acids is 1. The Kier molecular flexibility index (Phi) is 5.09. The number of anilines is 1. The third-order valence-electron chi connectivity index (χ3n) is 4.76. The number of rotatable bonds is 5. The summed E-state index contributed by atoms with van der Waals surface area (Å²) < 4.78 is 27.4. The molecule has 4 aromatic rings. The summed E-state index contributed by atoms with van der Waals surface area (Å²) in [6, 6.07) is 11.5. The van der Waals surface area contributed by atoms with Gasteiger partial charge in [-0.15, -0.1) is 0 Å². The number of hydrogen-bond acceptors (Lipinski definition) is 5. The Morgan fingerprint density at radius 3 is 2.77 bits per heavy atom. The third kappa shape index (κ3) is 3.82. The quantitative estimate of drug-likeness (QED) is 0.541. The van der Waals surface area contributed by atoms with Gasteiger partial charge in [0.05, 0.1) is 30.2 Å². The largest absolute Gasteiger partial charge is 0.496 e. The number of fused-ring (bicyclic) bond motifs is 1. The molecule has 0 saturated carbocycles. The molecule has 0 aliphatic rings. The van der Waals surface area contributed by atoms with E-state index in [0.29, 0.717) is 28.4 Å². The summed E-state index contributed by atoms with van der Waals surface area (Å²) >= 11 is 0. The van der Waals surface area contributed by atoms with Crippen LogP contribution in [0.15, 0.2) is 48.7 Å². The fourth-order valence-electron chi connectivity index (χ4n) is 3.18. The van der Waals surface area contributed by atoms with Gasteiger partial charge in [0.1, 0.15) is 18.2 Å². The summed E-state index contributed by atoms with van der Waals surface area (Å²) in [5.41, 5.74) is 3.49. The van der Waals surface area contributed by atoms with E-state index in [-0.39, 0.29) is 6.61 Å². The number of amides is 1. The Labute approximate surface area is 171 Å². The van der Waals surface area contributed by atoms with Crippen molar-refractivity contribution in [2.45, 2.75) is 6.61 Å². The number of nitrogens with one attached hydrogen (secondary N) is 1. The number of methoxy groups -OCH3 is 1. The first-order valence-corrected chi connectivity index (χ1v) is 9.17. The van der Waals surface area contributed by atoms with Crippen LogP contribution in [-0.2, 0) is 25.4 Å². The Bertz CT molecular complexity index is 1230. The van der Waals surface area contributed by atoms with Gasteiger partial charge < -0.3 is 9.47 Å². The van der Waals surface area contributed by atoms with Crippen molar-refractivity contribution >= 4 is 22.7 Å². The molecule has 0 spiro atoms. The van der Waals surface area contributed by atoms with E-state index in [9.17, 15) is 9.18 Å². The van der Waals surface area contributed by atoms with E-state index >= 15 is 0 Å². The molecule has 0 bridgehead atoms. The predicted molar refractivity (Wildman–Crippen MR) is 110 cm³/mol. The standard InChI is InChI=1S/C21H20FN5O3/c1-26-16(10-18(25-26)17-6-4-14(22)9-20(17)29-3)12-30-21(28)24-15-5-7-19-13(8-15)11-23-27(19)2/h4-11H,12H2,1-3H3,(H,24,28). The van der Waals surface area contributed by atoms with Crippen LogP contribution in [0.25, 0.3) is 22.2 Å². The first kappa shape index (κ1) is 19.4. The third-order valence-corrected chi connectivity index (χ3v) is 4.76. The number of carbonyl (C=O) groups is 1. The van der Waals surface area contributed by atoms with Crippen LogP contribution in [0, 0.1) is 5.82 Å². The summed E-state index contributed by atoms with van der Waals surface area (Å²) in [5, 5.41) is 12.2. The lowest BCUT2D eigenvalue weighted by molar-refractivity contribution is 0.152. The topological polar surface area (TPSA) is 83.2 Å². The second kappa shape index (κ2) is 7.86. The summed E-state index contributed by atoms with van der Waals surface area (Å²) in [5.74, 6) is -0.0136. The normalized spacial score (nSPS) is 10.9. The number of halogens is 1. The molecular weight excluding hydrogens is 389 g/mol. The van der Waals surface area contributed by atoms with E-state index in [2.05, 4.69) is 15.5 Å². The molecule has 0 aliphatic heterocycles. The zero-order valence-corrected chi connectivity index (χ0v) is 16.7. The maximum atomic E-state index is 13.4. The monoisotopic (exact) mass is 409 g/mol.